The fourth-order valence-corrected chi connectivity index (χ4v) is 1.83. The van der Waals surface area contributed by atoms with Gasteiger partial charge in [-0.25, -0.2) is 9.97 Å². The van der Waals surface area contributed by atoms with E-state index in [1.807, 2.05) is 13.0 Å². The van der Waals surface area contributed by atoms with Crippen LogP contribution < -0.4 is 5.32 Å². The molecular weight excluding hydrogens is 226 g/mol. The van der Waals surface area contributed by atoms with Crippen LogP contribution in [0.25, 0.3) is 0 Å². The molecule has 0 fully saturated rings. The molecule has 1 aromatic rings. The molecule has 0 aromatic carbocycles. The first-order valence-electron chi connectivity index (χ1n) is 5.01. The van der Waals surface area contributed by atoms with Crippen LogP contribution in [0.5, 0.6) is 0 Å². The van der Waals surface area contributed by atoms with Crippen molar-refractivity contribution in [2.45, 2.75) is 18.4 Å². The highest BCUT2D eigenvalue weighted by molar-refractivity contribution is 7.99. The SMILES string of the molecule is CCNc1cc(SCCC(=O)OC)ncn1. The molecule has 0 aliphatic heterocycles. The monoisotopic (exact) mass is 241 g/mol. The normalized spacial score (nSPS) is 9.88. The van der Waals surface area contributed by atoms with Gasteiger partial charge in [0.1, 0.15) is 17.2 Å². The lowest BCUT2D eigenvalue weighted by atomic mass is 10.5. The Morgan fingerprint density at radius 1 is 1.56 bits per heavy atom. The largest absolute Gasteiger partial charge is 0.469 e. The van der Waals surface area contributed by atoms with E-state index in [4.69, 9.17) is 0 Å². The zero-order chi connectivity index (χ0) is 11.8. The molecule has 1 heterocycles. The maximum atomic E-state index is 10.9. The van der Waals surface area contributed by atoms with Crippen molar-refractivity contribution >= 4 is 23.5 Å². The molecule has 0 spiro atoms. The Labute approximate surface area is 99.0 Å². The molecule has 0 bridgehead atoms. The second-order valence-corrected chi connectivity index (χ2v) is 4.06. The lowest BCUT2D eigenvalue weighted by Crippen LogP contribution is -2.02. The summed E-state index contributed by atoms with van der Waals surface area (Å²) in [6, 6.07) is 1.87. The summed E-state index contributed by atoms with van der Waals surface area (Å²) in [6.07, 6.45) is 1.90. The molecule has 1 N–H and O–H groups in total. The van der Waals surface area contributed by atoms with Crippen molar-refractivity contribution in [2.75, 3.05) is 24.7 Å². The number of nitrogens with one attached hydrogen (secondary N) is 1. The zero-order valence-electron chi connectivity index (χ0n) is 9.40. The van der Waals surface area contributed by atoms with Crippen LogP contribution in [0.3, 0.4) is 0 Å². The number of carbonyl (C=O) groups is 1. The van der Waals surface area contributed by atoms with Crippen molar-refractivity contribution in [3.8, 4) is 0 Å². The van der Waals surface area contributed by atoms with E-state index in [2.05, 4.69) is 20.0 Å². The number of carbonyl (C=O) groups excluding carboxylic acids is 1. The van der Waals surface area contributed by atoms with Gasteiger partial charge in [-0.05, 0) is 6.92 Å². The topological polar surface area (TPSA) is 64.1 Å². The fourth-order valence-electron chi connectivity index (χ4n) is 1.04. The maximum absolute atomic E-state index is 10.9. The van der Waals surface area contributed by atoms with Crippen LogP contribution >= 0.6 is 11.8 Å². The molecule has 16 heavy (non-hydrogen) atoms. The average Bonchev–Trinajstić information content (AvgIpc) is 2.30. The number of rotatable bonds is 6. The van der Waals surface area contributed by atoms with Crippen LogP contribution in [-0.4, -0.2) is 35.3 Å². The van der Waals surface area contributed by atoms with Gasteiger partial charge in [0.05, 0.1) is 13.5 Å². The molecule has 6 heteroatoms. The summed E-state index contributed by atoms with van der Waals surface area (Å²) in [5.41, 5.74) is 0. The van der Waals surface area contributed by atoms with Gasteiger partial charge in [-0.2, -0.15) is 0 Å². The number of methoxy groups -OCH3 is 1. The van der Waals surface area contributed by atoms with Crippen LogP contribution in [0.15, 0.2) is 17.4 Å². The van der Waals surface area contributed by atoms with E-state index >= 15 is 0 Å². The molecule has 88 valence electrons. The molecule has 0 atom stereocenters. The number of anilines is 1. The van der Waals surface area contributed by atoms with Crippen molar-refractivity contribution < 1.29 is 9.53 Å². The van der Waals surface area contributed by atoms with Crippen LogP contribution in [0.1, 0.15) is 13.3 Å². The Morgan fingerprint density at radius 2 is 2.38 bits per heavy atom. The van der Waals surface area contributed by atoms with Crippen molar-refractivity contribution in [1.29, 1.82) is 0 Å². The van der Waals surface area contributed by atoms with Gasteiger partial charge in [0.2, 0.25) is 0 Å². The Morgan fingerprint density at radius 3 is 3.06 bits per heavy atom. The highest BCUT2D eigenvalue weighted by Crippen LogP contribution is 2.17. The van der Waals surface area contributed by atoms with E-state index in [9.17, 15) is 4.79 Å². The number of ether oxygens (including phenoxy) is 1. The predicted octanol–water partition coefficient (Wildman–Crippen LogP) is 1.56. The van der Waals surface area contributed by atoms with E-state index in [1.54, 1.807) is 0 Å². The van der Waals surface area contributed by atoms with E-state index in [0.29, 0.717) is 12.2 Å². The van der Waals surface area contributed by atoms with E-state index in [-0.39, 0.29) is 5.97 Å². The van der Waals surface area contributed by atoms with E-state index < -0.39 is 0 Å². The van der Waals surface area contributed by atoms with Crippen molar-refractivity contribution in [1.82, 2.24) is 9.97 Å². The lowest BCUT2D eigenvalue weighted by molar-refractivity contribution is -0.140. The summed E-state index contributed by atoms with van der Waals surface area (Å²) < 4.78 is 4.55. The Balaban J connectivity index is 2.41. The quantitative estimate of drug-likeness (QED) is 0.463. The lowest BCUT2D eigenvalue weighted by Gasteiger charge is -2.03. The Kier molecular flexibility index (Phi) is 5.63. The third-order valence-electron chi connectivity index (χ3n) is 1.78. The van der Waals surface area contributed by atoms with Gasteiger partial charge in [-0.1, -0.05) is 0 Å². The molecule has 0 radical (unpaired) electrons. The number of nitrogens with zero attached hydrogens (tertiary/aromatic N) is 2. The van der Waals surface area contributed by atoms with Gasteiger partial charge in [0.15, 0.2) is 0 Å². The summed E-state index contributed by atoms with van der Waals surface area (Å²) in [5.74, 6) is 1.27. The molecule has 5 nitrogen and oxygen atoms in total. The molecule has 1 rings (SSSR count). The maximum Gasteiger partial charge on any atom is 0.306 e. The summed E-state index contributed by atoms with van der Waals surface area (Å²) in [6.45, 7) is 2.83. The molecule has 0 amide bonds. The fraction of sp³-hybridized carbons (Fsp3) is 0.500. The molecule has 0 aliphatic carbocycles. The van der Waals surface area contributed by atoms with Gasteiger partial charge >= 0.3 is 5.97 Å². The zero-order valence-corrected chi connectivity index (χ0v) is 10.2. The van der Waals surface area contributed by atoms with Gasteiger partial charge in [0, 0.05) is 18.4 Å². The summed E-state index contributed by atoms with van der Waals surface area (Å²) in [7, 11) is 1.39. The van der Waals surface area contributed by atoms with Crippen LogP contribution in [0.2, 0.25) is 0 Å². The molecule has 0 unspecified atom stereocenters. The number of esters is 1. The smallest absolute Gasteiger partial charge is 0.306 e. The Hall–Kier alpha value is -1.30. The second-order valence-electron chi connectivity index (χ2n) is 2.95. The minimum atomic E-state index is -0.200. The third-order valence-corrected chi connectivity index (χ3v) is 2.71. The van der Waals surface area contributed by atoms with E-state index in [0.717, 1.165) is 17.4 Å². The van der Waals surface area contributed by atoms with Gasteiger partial charge < -0.3 is 10.1 Å². The van der Waals surface area contributed by atoms with Crippen molar-refractivity contribution in [3.63, 3.8) is 0 Å². The number of aromatic nitrogens is 2. The first-order valence-corrected chi connectivity index (χ1v) is 6.00. The average molecular weight is 241 g/mol. The summed E-state index contributed by atoms with van der Waals surface area (Å²) >= 11 is 1.51. The first kappa shape index (κ1) is 12.8. The van der Waals surface area contributed by atoms with Crippen LogP contribution in [-0.2, 0) is 9.53 Å². The molecular formula is C10H15N3O2S. The minimum Gasteiger partial charge on any atom is -0.469 e. The number of hydrogen-bond donors (Lipinski definition) is 1. The number of hydrogen-bond acceptors (Lipinski definition) is 6. The summed E-state index contributed by atoms with van der Waals surface area (Å²) in [4.78, 5) is 19.1. The van der Waals surface area contributed by atoms with Gasteiger partial charge in [-0.3, -0.25) is 4.79 Å². The van der Waals surface area contributed by atoms with Crippen molar-refractivity contribution in [3.05, 3.63) is 12.4 Å². The third kappa shape index (κ3) is 4.48. The minimum absolute atomic E-state index is 0.200. The molecule has 0 aliphatic rings. The van der Waals surface area contributed by atoms with Crippen molar-refractivity contribution in [2.24, 2.45) is 0 Å². The Bertz CT molecular complexity index is 347. The highest BCUT2D eigenvalue weighted by Gasteiger charge is 2.02. The van der Waals surface area contributed by atoms with Crippen LogP contribution in [0.4, 0.5) is 5.82 Å². The molecule has 1 aromatic heterocycles. The molecule has 0 saturated heterocycles. The highest BCUT2D eigenvalue weighted by atomic mass is 32.2. The summed E-state index contributed by atoms with van der Waals surface area (Å²) in [5, 5.41) is 3.96. The molecule has 0 saturated carbocycles. The van der Waals surface area contributed by atoms with Gasteiger partial charge in [0.25, 0.3) is 0 Å². The van der Waals surface area contributed by atoms with Crippen LogP contribution in [0, 0.1) is 0 Å². The second kappa shape index (κ2) is 7.05. The first-order chi connectivity index (χ1) is 7.76. The standard InChI is InChI=1S/C10H15N3O2S/c1-3-11-8-6-9(13-7-12-8)16-5-4-10(14)15-2/h6-7H,3-5H2,1-2H3,(H,11,12,13). The number of thioether (sulfide) groups is 1. The van der Waals surface area contributed by atoms with E-state index in [1.165, 1.54) is 25.2 Å². The predicted molar refractivity (Wildman–Crippen MR) is 63.6 cm³/mol. The van der Waals surface area contributed by atoms with Gasteiger partial charge in [-0.15, -0.1) is 11.8 Å².